The second-order valence-electron chi connectivity index (χ2n) is 2.68. The van der Waals surface area contributed by atoms with E-state index in [2.05, 4.69) is 4.74 Å². The topological polar surface area (TPSA) is 72.5 Å². The number of nitrogens with two attached hydrogens (primary N) is 1. The first kappa shape index (κ1) is 10.1. The van der Waals surface area contributed by atoms with Crippen LogP contribution in [0.3, 0.4) is 0 Å². The lowest BCUT2D eigenvalue weighted by Gasteiger charge is -1.99. The third kappa shape index (κ3) is 2.52. The molecule has 0 fully saturated rings. The summed E-state index contributed by atoms with van der Waals surface area (Å²) in [6.45, 7) is 0. The number of hydrogen-bond acceptors (Lipinski definition) is 4. The maximum absolute atomic E-state index is 10.9. The fourth-order valence-corrected chi connectivity index (χ4v) is 0.927. The van der Waals surface area contributed by atoms with Crippen LogP contribution in [0.2, 0.25) is 0 Å². The highest BCUT2D eigenvalue weighted by Gasteiger charge is 2.03. The van der Waals surface area contributed by atoms with E-state index < -0.39 is 5.97 Å². The third-order valence-electron chi connectivity index (χ3n) is 1.64. The van der Waals surface area contributed by atoms with Gasteiger partial charge >= 0.3 is 5.97 Å². The van der Waals surface area contributed by atoms with Crippen LogP contribution < -0.4 is 5.73 Å². The van der Waals surface area contributed by atoms with Crippen molar-refractivity contribution < 1.29 is 14.6 Å². The number of ether oxygens (including phenoxy) is 1. The lowest BCUT2D eigenvalue weighted by atomic mass is 10.2. The fraction of sp³-hybridized carbons (Fsp3) is 0.100. The molecule has 0 aromatic heterocycles. The Morgan fingerprint density at radius 1 is 1.43 bits per heavy atom. The second kappa shape index (κ2) is 4.32. The minimum Gasteiger partial charge on any atom is -0.508 e. The highest BCUT2D eigenvalue weighted by atomic mass is 16.5. The van der Waals surface area contributed by atoms with E-state index in [0.717, 1.165) is 5.56 Å². The minimum absolute atomic E-state index is 0.0261. The van der Waals surface area contributed by atoms with Crippen LogP contribution in [0.1, 0.15) is 5.56 Å². The van der Waals surface area contributed by atoms with Gasteiger partial charge in [-0.1, -0.05) is 12.1 Å². The van der Waals surface area contributed by atoms with Gasteiger partial charge in [-0.25, -0.2) is 4.79 Å². The van der Waals surface area contributed by atoms with Gasteiger partial charge in [-0.15, -0.1) is 0 Å². The molecular weight excluding hydrogens is 182 g/mol. The van der Waals surface area contributed by atoms with E-state index in [-0.39, 0.29) is 11.4 Å². The van der Waals surface area contributed by atoms with Gasteiger partial charge in [0.2, 0.25) is 0 Å². The van der Waals surface area contributed by atoms with Crippen LogP contribution in [0.4, 0.5) is 0 Å². The van der Waals surface area contributed by atoms with Crippen LogP contribution in [0.25, 0.3) is 6.08 Å². The second-order valence-corrected chi connectivity index (χ2v) is 2.68. The first-order valence-corrected chi connectivity index (χ1v) is 3.98. The van der Waals surface area contributed by atoms with E-state index in [0.29, 0.717) is 0 Å². The van der Waals surface area contributed by atoms with Gasteiger partial charge in [0.05, 0.1) is 7.11 Å². The summed E-state index contributed by atoms with van der Waals surface area (Å²) in [6.07, 6.45) is 1.48. The SMILES string of the molecule is COC(=O)/C(N)=C/c1ccc(O)cc1. The van der Waals surface area contributed by atoms with Crippen molar-refractivity contribution in [3.63, 3.8) is 0 Å². The Balaban J connectivity index is 2.86. The number of phenols is 1. The summed E-state index contributed by atoms with van der Waals surface area (Å²) in [7, 11) is 1.26. The molecule has 0 aliphatic heterocycles. The predicted molar refractivity (Wildman–Crippen MR) is 52.3 cm³/mol. The molecule has 0 saturated heterocycles. The van der Waals surface area contributed by atoms with Crippen molar-refractivity contribution >= 4 is 12.0 Å². The zero-order valence-electron chi connectivity index (χ0n) is 7.73. The summed E-state index contributed by atoms with van der Waals surface area (Å²) in [5.41, 5.74) is 6.18. The predicted octanol–water partition coefficient (Wildman–Crippen LogP) is 0.865. The molecule has 0 aliphatic rings. The van der Waals surface area contributed by atoms with Gasteiger partial charge in [-0.05, 0) is 23.8 Å². The smallest absolute Gasteiger partial charge is 0.353 e. The Labute approximate surface area is 81.6 Å². The number of rotatable bonds is 2. The van der Waals surface area contributed by atoms with E-state index in [4.69, 9.17) is 10.8 Å². The maximum Gasteiger partial charge on any atom is 0.353 e. The van der Waals surface area contributed by atoms with Gasteiger partial charge in [0, 0.05) is 0 Å². The Morgan fingerprint density at radius 2 is 2.00 bits per heavy atom. The van der Waals surface area contributed by atoms with Crippen molar-refractivity contribution in [2.24, 2.45) is 5.73 Å². The van der Waals surface area contributed by atoms with Gasteiger partial charge in [-0.3, -0.25) is 0 Å². The Bertz CT molecular complexity index is 354. The normalized spacial score (nSPS) is 11.1. The Hall–Kier alpha value is -1.97. The van der Waals surface area contributed by atoms with Gasteiger partial charge in [0.1, 0.15) is 11.4 Å². The van der Waals surface area contributed by atoms with Gasteiger partial charge < -0.3 is 15.6 Å². The van der Waals surface area contributed by atoms with E-state index in [1.807, 2.05) is 0 Å². The lowest BCUT2D eigenvalue weighted by Crippen LogP contribution is -2.12. The van der Waals surface area contributed by atoms with Crippen LogP contribution >= 0.6 is 0 Å². The molecule has 1 aromatic rings. The van der Waals surface area contributed by atoms with Crippen LogP contribution in [0, 0.1) is 0 Å². The molecule has 74 valence electrons. The van der Waals surface area contributed by atoms with E-state index in [1.165, 1.54) is 25.3 Å². The van der Waals surface area contributed by atoms with E-state index in [9.17, 15) is 4.79 Å². The summed E-state index contributed by atoms with van der Waals surface area (Å²) >= 11 is 0. The van der Waals surface area contributed by atoms with Crippen LogP contribution in [0.5, 0.6) is 5.75 Å². The number of methoxy groups -OCH3 is 1. The molecule has 4 heteroatoms. The molecule has 0 spiro atoms. The molecule has 0 unspecified atom stereocenters. The van der Waals surface area contributed by atoms with Crippen molar-refractivity contribution in [2.75, 3.05) is 7.11 Å². The average Bonchev–Trinajstić information content (AvgIpc) is 2.20. The molecule has 4 nitrogen and oxygen atoms in total. The first-order valence-electron chi connectivity index (χ1n) is 3.98. The molecule has 0 bridgehead atoms. The van der Waals surface area contributed by atoms with Crippen molar-refractivity contribution in [1.82, 2.24) is 0 Å². The Kier molecular flexibility index (Phi) is 3.12. The molecule has 1 aromatic carbocycles. The van der Waals surface area contributed by atoms with Gasteiger partial charge in [0.15, 0.2) is 0 Å². The molecule has 1 rings (SSSR count). The zero-order valence-corrected chi connectivity index (χ0v) is 7.73. The molecule has 0 amide bonds. The summed E-state index contributed by atoms with van der Waals surface area (Å²) in [5, 5.41) is 9.00. The molecule has 0 radical (unpaired) electrons. The monoisotopic (exact) mass is 193 g/mol. The summed E-state index contributed by atoms with van der Waals surface area (Å²) < 4.78 is 4.43. The highest BCUT2D eigenvalue weighted by Crippen LogP contribution is 2.11. The fourth-order valence-electron chi connectivity index (χ4n) is 0.927. The zero-order chi connectivity index (χ0) is 10.6. The van der Waals surface area contributed by atoms with Crippen LogP contribution in [0.15, 0.2) is 30.0 Å². The van der Waals surface area contributed by atoms with Crippen molar-refractivity contribution in [1.29, 1.82) is 0 Å². The van der Waals surface area contributed by atoms with Gasteiger partial charge in [-0.2, -0.15) is 0 Å². The van der Waals surface area contributed by atoms with Crippen molar-refractivity contribution in [2.45, 2.75) is 0 Å². The summed E-state index contributed by atoms with van der Waals surface area (Å²) in [4.78, 5) is 10.9. The van der Waals surface area contributed by atoms with Crippen molar-refractivity contribution in [3.05, 3.63) is 35.5 Å². The molecule has 3 N–H and O–H groups in total. The third-order valence-corrected chi connectivity index (χ3v) is 1.64. The number of hydrogen-bond donors (Lipinski definition) is 2. The van der Waals surface area contributed by atoms with Gasteiger partial charge in [0.25, 0.3) is 0 Å². The quantitative estimate of drug-likeness (QED) is 0.539. The van der Waals surface area contributed by atoms with Crippen molar-refractivity contribution in [3.8, 4) is 5.75 Å². The van der Waals surface area contributed by atoms with E-state index >= 15 is 0 Å². The summed E-state index contributed by atoms with van der Waals surface area (Å²) in [6, 6.07) is 6.31. The largest absolute Gasteiger partial charge is 0.508 e. The molecule has 0 saturated carbocycles. The number of carbonyl (C=O) groups is 1. The number of phenolic OH excluding ortho intramolecular Hbond substituents is 1. The molecule has 14 heavy (non-hydrogen) atoms. The number of carbonyl (C=O) groups excluding carboxylic acids is 1. The maximum atomic E-state index is 10.9. The molecule has 0 aliphatic carbocycles. The molecular formula is C10H11NO3. The number of aromatic hydroxyl groups is 1. The molecule has 0 heterocycles. The minimum atomic E-state index is -0.571. The highest BCUT2D eigenvalue weighted by molar-refractivity contribution is 5.92. The average molecular weight is 193 g/mol. The van der Waals surface area contributed by atoms with Crippen LogP contribution in [-0.4, -0.2) is 18.2 Å². The standard InChI is InChI=1S/C10H11NO3/c1-14-10(13)9(11)6-7-2-4-8(12)5-3-7/h2-6,12H,11H2,1H3/b9-6-. The number of benzene rings is 1. The first-order chi connectivity index (χ1) is 6.63. The Morgan fingerprint density at radius 3 is 2.50 bits per heavy atom. The number of esters is 1. The van der Waals surface area contributed by atoms with Crippen LogP contribution in [-0.2, 0) is 9.53 Å². The summed E-state index contributed by atoms with van der Waals surface area (Å²) in [5.74, 6) is -0.406. The molecule has 0 atom stereocenters. The van der Waals surface area contributed by atoms with E-state index in [1.54, 1.807) is 12.1 Å². The lowest BCUT2D eigenvalue weighted by molar-refractivity contribution is -0.136.